The van der Waals surface area contributed by atoms with Crippen LogP contribution in [0.1, 0.15) is 59.3 Å². The van der Waals surface area contributed by atoms with Crippen molar-refractivity contribution in [3.8, 4) is 0 Å². The van der Waals surface area contributed by atoms with Gasteiger partial charge in [-0.1, -0.05) is 70.3 Å². The van der Waals surface area contributed by atoms with Gasteiger partial charge in [0.1, 0.15) is 0 Å². The Labute approximate surface area is 139 Å². The van der Waals surface area contributed by atoms with Crippen LogP contribution >= 0.6 is 0 Å². The van der Waals surface area contributed by atoms with E-state index in [1.165, 1.54) is 12.8 Å². The first-order valence-electron chi connectivity index (χ1n) is 8.87. The lowest BCUT2D eigenvalue weighted by molar-refractivity contribution is -0.121. The molecule has 1 N–H and O–H groups in total. The van der Waals surface area contributed by atoms with E-state index in [1.807, 2.05) is 0 Å². The monoisotopic (exact) mass is 323 g/mol. The van der Waals surface area contributed by atoms with Crippen LogP contribution in [0.25, 0.3) is 0 Å². The molecule has 0 unspecified atom stereocenters. The van der Waals surface area contributed by atoms with E-state index in [4.69, 9.17) is 0 Å². The van der Waals surface area contributed by atoms with Gasteiger partial charge in [-0.25, -0.2) is 0 Å². The van der Waals surface area contributed by atoms with Gasteiger partial charge in [0.05, 0.1) is 8.07 Å². The number of amides is 1. The average Bonchev–Trinajstić information content (AvgIpc) is 2.36. The first-order valence-corrected chi connectivity index (χ1v) is 12.4. The van der Waals surface area contributed by atoms with Gasteiger partial charge in [-0.15, -0.1) is 0 Å². The third-order valence-corrected chi connectivity index (χ3v) is 4.61. The maximum absolute atomic E-state index is 11.7. The molecule has 3 heteroatoms. The molecule has 0 heterocycles. The maximum atomic E-state index is 11.7. The Morgan fingerprint density at radius 2 is 1.82 bits per heavy atom. The highest BCUT2D eigenvalue weighted by Gasteiger charge is 2.09. The zero-order valence-electron chi connectivity index (χ0n) is 15.7. The second kappa shape index (κ2) is 11.7. The normalized spacial score (nSPS) is 13.1. The van der Waals surface area contributed by atoms with Crippen LogP contribution in [0.3, 0.4) is 0 Å². The first kappa shape index (κ1) is 21.2. The molecule has 0 spiro atoms. The second-order valence-electron chi connectivity index (χ2n) is 7.67. The summed E-state index contributed by atoms with van der Waals surface area (Å²) in [4.78, 5) is 11.7. The molecule has 2 nitrogen and oxygen atoms in total. The molecule has 0 aliphatic carbocycles. The Balaban J connectivity index is 4.01. The molecule has 0 bridgehead atoms. The number of hydrogen-bond acceptors (Lipinski definition) is 1. The summed E-state index contributed by atoms with van der Waals surface area (Å²) in [7, 11) is -1.13. The molecule has 0 fully saturated rings. The van der Waals surface area contributed by atoms with Crippen molar-refractivity contribution in [3.05, 3.63) is 23.4 Å². The molecular weight excluding hydrogens is 286 g/mol. The molecule has 0 rings (SSSR count). The van der Waals surface area contributed by atoms with E-state index in [2.05, 4.69) is 63.6 Å². The average molecular weight is 324 g/mol. The molecule has 1 amide bonds. The largest absolute Gasteiger partial charge is 0.356 e. The van der Waals surface area contributed by atoms with Crippen LogP contribution < -0.4 is 5.32 Å². The van der Waals surface area contributed by atoms with E-state index in [1.54, 1.807) is 5.57 Å². The van der Waals surface area contributed by atoms with E-state index in [0.29, 0.717) is 12.3 Å². The Morgan fingerprint density at radius 3 is 2.36 bits per heavy atom. The van der Waals surface area contributed by atoms with Crippen LogP contribution in [0.4, 0.5) is 0 Å². The quantitative estimate of drug-likeness (QED) is 0.396. The van der Waals surface area contributed by atoms with Crippen molar-refractivity contribution in [3.63, 3.8) is 0 Å². The topological polar surface area (TPSA) is 29.1 Å². The minimum absolute atomic E-state index is 0.178. The molecule has 0 saturated carbocycles. The Bertz CT molecular complexity index is 364. The number of rotatable bonds is 11. The maximum Gasteiger partial charge on any atom is 0.220 e. The van der Waals surface area contributed by atoms with Crippen LogP contribution in [0.2, 0.25) is 19.6 Å². The Hall–Kier alpha value is -0.833. The fourth-order valence-electron chi connectivity index (χ4n) is 2.32. The van der Waals surface area contributed by atoms with Crippen molar-refractivity contribution >= 4 is 14.0 Å². The van der Waals surface area contributed by atoms with Crippen molar-refractivity contribution in [1.82, 2.24) is 5.32 Å². The van der Waals surface area contributed by atoms with Crippen LogP contribution in [0.5, 0.6) is 0 Å². The van der Waals surface area contributed by atoms with Gasteiger partial charge < -0.3 is 5.32 Å². The lowest BCUT2D eigenvalue weighted by atomic mass is 10.1. The second-order valence-corrected chi connectivity index (χ2v) is 12.7. The molecule has 0 aliphatic rings. The molecule has 0 saturated heterocycles. The molecule has 0 aromatic heterocycles. The van der Waals surface area contributed by atoms with E-state index in [9.17, 15) is 4.79 Å². The van der Waals surface area contributed by atoms with Crippen molar-refractivity contribution in [2.45, 2.75) is 78.9 Å². The number of carbonyl (C=O) groups excluding carboxylic acids is 1. The molecular formula is C19H37NOSi. The standard InChI is InChI=1S/C19H37NOSi/c1-7-11-18(16-22(4,5)6)12-9-8-10-13-19(21)20-15-14-17(2)3/h8-9,16-17H,7,10-15H2,1-6H3,(H,20,21)/b9-8+,18-16+. The predicted octanol–water partition coefficient (Wildman–Crippen LogP) is 5.48. The first-order chi connectivity index (χ1) is 10.2. The van der Waals surface area contributed by atoms with Crippen LogP contribution in [0, 0.1) is 5.92 Å². The number of nitrogens with one attached hydrogen (secondary N) is 1. The summed E-state index contributed by atoms with van der Waals surface area (Å²) >= 11 is 0. The molecule has 128 valence electrons. The zero-order valence-corrected chi connectivity index (χ0v) is 16.7. The van der Waals surface area contributed by atoms with Gasteiger partial charge in [-0.05, 0) is 31.6 Å². The molecule has 0 radical (unpaired) electrons. The van der Waals surface area contributed by atoms with Gasteiger partial charge in [0.25, 0.3) is 0 Å². The van der Waals surface area contributed by atoms with E-state index in [0.717, 1.165) is 25.8 Å². The lowest BCUT2D eigenvalue weighted by Gasteiger charge is -2.13. The van der Waals surface area contributed by atoms with E-state index >= 15 is 0 Å². The highest BCUT2D eigenvalue weighted by molar-refractivity contribution is 6.81. The summed E-state index contributed by atoms with van der Waals surface area (Å²) in [5.41, 5.74) is 4.10. The fraction of sp³-hybridized carbons (Fsp3) is 0.737. The molecule has 0 aromatic carbocycles. The van der Waals surface area contributed by atoms with Gasteiger partial charge in [-0.3, -0.25) is 4.79 Å². The van der Waals surface area contributed by atoms with Gasteiger partial charge in [0.15, 0.2) is 0 Å². The van der Waals surface area contributed by atoms with Crippen molar-refractivity contribution in [1.29, 1.82) is 0 Å². The minimum atomic E-state index is -1.13. The number of hydrogen-bond donors (Lipinski definition) is 1. The lowest BCUT2D eigenvalue weighted by Crippen LogP contribution is -2.24. The smallest absolute Gasteiger partial charge is 0.220 e. The highest BCUT2D eigenvalue weighted by atomic mass is 28.3. The van der Waals surface area contributed by atoms with Gasteiger partial charge in [0, 0.05) is 13.0 Å². The SMILES string of the molecule is CCC/C(=C\[Si](C)(C)C)C/C=C/CCC(=O)NCCC(C)C. The number of allylic oxidation sites excluding steroid dienone is 3. The van der Waals surface area contributed by atoms with Crippen LogP contribution in [0.15, 0.2) is 23.4 Å². The summed E-state index contributed by atoms with van der Waals surface area (Å²) in [5.74, 6) is 0.826. The highest BCUT2D eigenvalue weighted by Crippen LogP contribution is 2.16. The number of carbonyl (C=O) groups is 1. The fourth-order valence-corrected chi connectivity index (χ4v) is 3.81. The molecule has 0 aromatic rings. The van der Waals surface area contributed by atoms with Gasteiger partial charge >= 0.3 is 0 Å². The summed E-state index contributed by atoms with van der Waals surface area (Å²) in [6.07, 6.45) is 10.4. The van der Waals surface area contributed by atoms with Crippen LogP contribution in [-0.2, 0) is 4.79 Å². The van der Waals surface area contributed by atoms with Crippen LogP contribution in [-0.4, -0.2) is 20.5 Å². The van der Waals surface area contributed by atoms with E-state index in [-0.39, 0.29) is 5.91 Å². The summed E-state index contributed by atoms with van der Waals surface area (Å²) < 4.78 is 0. The predicted molar refractivity (Wildman–Crippen MR) is 102 cm³/mol. The summed E-state index contributed by atoms with van der Waals surface area (Å²) in [6, 6.07) is 0. The molecule has 0 atom stereocenters. The van der Waals surface area contributed by atoms with Crippen molar-refractivity contribution in [2.24, 2.45) is 5.92 Å². The van der Waals surface area contributed by atoms with Gasteiger partial charge in [0.2, 0.25) is 5.91 Å². The van der Waals surface area contributed by atoms with Crippen molar-refractivity contribution < 1.29 is 4.79 Å². The summed E-state index contributed by atoms with van der Waals surface area (Å²) in [5, 5.41) is 2.99. The molecule has 0 aliphatic heterocycles. The van der Waals surface area contributed by atoms with Crippen molar-refractivity contribution in [2.75, 3.05) is 6.54 Å². The minimum Gasteiger partial charge on any atom is -0.356 e. The zero-order chi connectivity index (χ0) is 17.0. The van der Waals surface area contributed by atoms with Gasteiger partial charge in [-0.2, -0.15) is 0 Å². The molecule has 22 heavy (non-hydrogen) atoms. The third-order valence-electron chi connectivity index (χ3n) is 3.34. The van der Waals surface area contributed by atoms with E-state index < -0.39 is 8.07 Å². The third kappa shape index (κ3) is 14.1. The Kier molecular flexibility index (Phi) is 11.3. The Morgan fingerprint density at radius 1 is 1.14 bits per heavy atom. The summed E-state index contributed by atoms with van der Waals surface area (Å²) in [6.45, 7) is 14.5.